The summed E-state index contributed by atoms with van der Waals surface area (Å²) in [5.74, 6) is 0.962. The number of nitrogens with zero attached hydrogens (tertiary/aromatic N) is 2. The van der Waals surface area contributed by atoms with Gasteiger partial charge in [0.1, 0.15) is 11.6 Å². The highest BCUT2D eigenvalue weighted by atomic mass is 16.5. The molecule has 0 fully saturated rings. The van der Waals surface area contributed by atoms with Gasteiger partial charge in [0, 0.05) is 12.7 Å². The van der Waals surface area contributed by atoms with E-state index < -0.39 is 5.92 Å². The van der Waals surface area contributed by atoms with Crippen molar-refractivity contribution in [1.82, 2.24) is 10.2 Å². The van der Waals surface area contributed by atoms with Crippen molar-refractivity contribution >= 4 is 0 Å². The molecule has 8 nitrogen and oxygen atoms in total. The maximum absolute atomic E-state index is 9.72. The Bertz CT molecular complexity index is 882. The van der Waals surface area contributed by atoms with Crippen LogP contribution in [0, 0.1) is 11.3 Å². The number of rotatable bonds is 6. The van der Waals surface area contributed by atoms with Crippen molar-refractivity contribution in [3.8, 4) is 23.4 Å². The molecule has 0 aliphatic carbocycles. The summed E-state index contributed by atoms with van der Waals surface area (Å²) in [5.41, 5.74) is 8.42. The molecule has 1 aromatic carbocycles. The van der Waals surface area contributed by atoms with Gasteiger partial charge < -0.3 is 24.7 Å². The minimum atomic E-state index is -0.510. The first kappa shape index (κ1) is 17.6. The normalized spacial score (nSPS) is 15.8. The van der Waals surface area contributed by atoms with E-state index in [2.05, 4.69) is 16.3 Å². The maximum atomic E-state index is 9.72. The monoisotopic (exact) mass is 356 g/mol. The number of aromatic nitrogens is 2. The average Bonchev–Trinajstić information content (AvgIpc) is 3.03. The van der Waals surface area contributed by atoms with Gasteiger partial charge in [0.15, 0.2) is 11.5 Å². The largest absolute Gasteiger partial charge is 0.493 e. The van der Waals surface area contributed by atoms with Crippen LogP contribution in [-0.2, 0) is 11.3 Å². The lowest BCUT2D eigenvalue weighted by Crippen LogP contribution is -2.22. The van der Waals surface area contributed by atoms with E-state index in [0.29, 0.717) is 35.2 Å². The number of nitriles is 1. The number of benzene rings is 1. The Morgan fingerprint density at radius 2 is 2.19 bits per heavy atom. The van der Waals surface area contributed by atoms with Crippen LogP contribution < -0.4 is 19.9 Å². The second-order valence-electron chi connectivity index (χ2n) is 5.59. The number of nitrogens with one attached hydrogen (secondary N) is 1. The van der Waals surface area contributed by atoms with Crippen molar-refractivity contribution in [2.75, 3.05) is 20.8 Å². The van der Waals surface area contributed by atoms with E-state index in [1.165, 1.54) is 0 Å². The quantitative estimate of drug-likeness (QED) is 0.815. The Morgan fingerprint density at radius 1 is 1.38 bits per heavy atom. The van der Waals surface area contributed by atoms with Crippen LogP contribution in [0.1, 0.15) is 29.7 Å². The first-order valence-electron chi connectivity index (χ1n) is 8.09. The standard InChI is InChI=1S/C18H20N4O4/c1-4-25-16-10(6-5-7-13(16)24-3)14-11(8-19)17(20)26-18-15(14)12(9-23-2)21-22-18/h5-7,14H,4,9,20H2,1-3H3,(H,21,22)/t14-/m0/s1. The van der Waals surface area contributed by atoms with Gasteiger partial charge in [-0.15, -0.1) is 5.10 Å². The molecule has 1 aliphatic heterocycles. The molecule has 0 amide bonds. The molecular formula is C18H20N4O4. The zero-order valence-electron chi connectivity index (χ0n) is 14.8. The van der Waals surface area contributed by atoms with Crippen LogP contribution in [0.4, 0.5) is 0 Å². The first-order valence-corrected chi connectivity index (χ1v) is 8.09. The van der Waals surface area contributed by atoms with Gasteiger partial charge in [-0.1, -0.05) is 12.1 Å². The number of fused-ring (bicyclic) bond motifs is 1. The Morgan fingerprint density at radius 3 is 2.85 bits per heavy atom. The van der Waals surface area contributed by atoms with E-state index in [1.807, 2.05) is 19.1 Å². The molecule has 1 aromatic heterocycles. The van der Waals surface area contributed by atoms with E-state index >= 15 is 0 Å². The summed E-state index contributed by atoms with van der Waals surface area (Å²) in [6, 6.07) is 7.68. The molecule has 1 aliphatic rings. The van der Waals surface area contributed by atoms with Crippen LogP contribution in [-0.4, -0.2) is 31.0 Å². The van der Waals surface area contributed by atoms with Crippen molar-refractivity contribution in [2.45, 2.75) is 19.4 Å². The summed E-state index contributed by atoms with van der Waals surface area (Å²) in [5, 5.41) is 16.8. The van der Waals surface area contributed by atoms with Crippen molar-refractivity contribution in [2.24, 2.45) is 5.73 Å². The summed E-state index contributed by atoms with van der Waals surface area (Å²) >= 11 is 0. The molecule has 26 heavy (non-hydrogen) atoms. The molecule has 3 rings (SSSR count). The smallest absolute Gasteiger partial charge is 0.244 e. The van der Waals surface area contributed by atoms with Crippen LogP contribution in [0.15, 0.2) is 29.7 Å². The molecule has 0 bridgehead atoms. The number of methoxy groups -OCH3 is 2. The molecular weight excluding hydrogens is 336 g/mol. The number of hydrogen-bond acceptors (Lipinski definition) is 7. The van der Waals surface area contributed by atoms with E-state index in [0.717, 1.165) is 5.56 Å². The summed E-state index contributed by atoms with van der Waals surface area (Å²) in [6.07, 6.45) is 0. The van der Waals surface area contributed by atoms with Gasteiger partial charge in [0.05, 0.1) is 37.5 Å². The van der Waals surface area contributed by atoms with Gasteiger partial charge in [-0.25, -0.2) is 0 Å². The Labute approximate surface area is 151 Å². The molecule has 2 heterocycles. The minimum absolute atomic E-state index is 0.0192. The van der Waals surface area contributed by atoms with Gasteiger partial charge in [-0.2, -0.15) is 5.26 Å². The number of allylic oxidation sites excluding steroid dienone is 1. The van der Waals surface area contributed by atoms with E-state index in [9.17, 15) is 5.26 Å². The van der Waals surface area contributed by atoms with Crippen LogP contribution in [0.3, 0.4) is 0 Å². The molecule has 1 atom stereocenters. The lowest BCUT2D eigenvalue weighted by molar-refractivity contribution is 0.180. The predicted octanol–water partition coefficient (Wildman–Crippen LogP) is 2.18. The lowest BCUT2D eigenvalue weighted by Gasteiger charge is -2.26. The van der Waals surface area contributed by atoms with Crippen molar-refractivity contribution in [1.29, 1.82) is 5.26 Å². The zero-order valence-corrected chi connectivity index (χ0v) is 14.8. The van der Waals surface area contributed by atoms with Crippen molar-refractivity contribution in [3.05, 3.63) is 46.5 Å². The second kappa shape index (κ2) is 7.37. The summed E-state index contributed by atoms with van der Waals surface area (Å²) in [4.78, 5) is 0. The third kappa shape index (κ3) is 2.82. The lowest BCUT2D eigenvalue weighted by atomic mass is 9.83. The number of H-pyrrole nitrogens is 1. The highest BCUT2D eigenvalue weighted by Crippen LogP contribution is 2.47. The second-order valence-corrected chi connectivity index (χ2v) is 5.59. The van der Waals surface area contributed by atoms with E-state index in [4.69, 9.17) is 24.7 Å². The highest BCUT2D eigenvalue weighted by Gasteiger charge is 2.37. The number of nitrogens with two attached hydrogens (primary N) is 1. The summed E-state index contributed by atoms with van der Waals surface area (Å²) in [7, 11) is 3.15. The molecule has 0 saturated heterocycles. The van der Waals surface area contributed by atoms with Crippen LogP contribution in [0.25, 0.3) is 0 Å². The van der Waals surface area contributed by atoms with Gasteiger partial charge in [-0.05, 0) is 13.0 Å². The fourth-order valence-corrected chi connectivity index (χ4v) is 3.09. The van der Waals surface area contributed by atoms with Crippen LogP contribution in [0.2, 0.25) is 0 Å². The van der Waals surface area contributed by atoms with Gasteiger partial charge >= 0.3 is 0 Å². The number of para-hydroxylation sites is 1. The molecule has 136 valence electrons. The Hall–Kier alpha value is -3.18. The highest BCUT2D eigenvalue weighted by molar-refractivity contribution is 5.60. The van der Waals surface area contributed by atoms with Crippen LogP contribution in [0.5, 0.6) is 17.4 Å². The average molecular weight is 356 g/mol. The minimum Gasteiger partial charge on any atom is -0.493 e. The third-order valence-electron chi connectivity index (χ3n) is 4.14. The number of ether oxygens (including phenoxy) is 4. The topological polar surface area (TPSA) is 115 Å². The third-order valence-corrected chi connectivity index (χ3v) is 4.14. The molecule has 3 N–H and O–H groups in total. The number of aromatic amines is 1. The Kier molecular flexibility index (Phi) is 5.00. The predicted molar refractivity (Wildman–Crippen MR) is 92.8 cm³/mol. The van der Waals surface area contributed by atoms with Crippen molar-refractivity contribution in [3.63, 3.8) is 0 Å². The van der Waals surface area contributed by atoms with Crippen molar-refractivity contribution < 1.29 is 18.9 Å². The summed E-state index contributed by atoms with van der Waals surface area (Å²) in [6.45, 7) is 2.62. The number of hydrogen-bond donors (Lipinski definition) is 2. The van der Waals surface area contributed by atoms with Crippen LogP contribution >= 0.6 is 0 Å². The van der Waals surface area contributed by atoms with E-state index in [1.54, 1.807) is 20.3 Å². The fraction of sp³-hybridized carbons (Fsp3) is 0.333. The molecule has 0 unspecified atom stereocenters. The summed E-state index contributed by atoms with van der Waals surface area (Å²) < 4.78 is 22.0. The molecule has 8 heteroatoms. The fourth-order valence-electron chi connectivity index (χ4n) is 3.09. The van der Waals surface area contributed by atoms with Gasteiger partial charge in [-0.3, -0.25) is 5.10 Å². The Balaban J connectivity index is 2.26. The van der Waals surface area contributed by atoms with Gasteiger partial charge in [0.2, 0.25) is 11.8 Å². The first-order chi connectivity index (χ1) is 12.7. The molecule has 2 aromatic rings. The molecule has 0 saturated carbocycles. The van der Waals surface area contributed by atoms with E-state index in [-0.39, 0.29) is 18.1 Å². The SMILES string of the molecule is CCOc1c(OC)cccc1[C@H]1C(C#N)=C(N)Oc2n[nH]c(COC)c21. The maximum Gasteiger partial charge on any atom is 0.244 e. The molecule has 0 spiro atoms. The molecule has 0 radical (unpaired) electrons. The van der Waals surface area contributed by atoms with Gasteiger partial charge in [0.25, 0.3) is 0 Å². The zero-order chi connectivity index (χ0) is 18.7.